The van der Waals surface area contributed by atoms with E-state index in [0.29, 0.717) is 25.5 Å². The van der Waals surface area contributed by atoms with E-state index in [2.05, 4.69) is 0 Å². The molecular formula is C12H9Cl2NOS. The molecule has 1 aromatic carbocycles. The maximum atomic E-state index is 12.3. The van der Waals surface area contributed by atoms with E-state index >= 15 is 0 Å². The monoisotopic (exact) mass is 285 g/mol. The second kappa shape index (κ2) is 4.69. The lowest BCUT2D eigenvalue weighted by Crippen LogP contribution is -2.07. The minimum absolute atomic E-state index is 0.186. The average Bonchev–Trinajstić information content (AvgIpc) is 2.57. The Hall–Kier alpha value is -1.03. The number of hydrogen-bond acceptors (Lipinski definition) is 3. The Morgan fingerprint density at radius 1 is 1.35 bits per heavy atom. The molecule has 0 atom stereocenters. The van der Waals surface area contributed by atoms with Gasteiger partial charge in [-0.15, -0.1) is 11.3 Å². The molecule has 2 nitrogen and oxygen atoms in total. The topological polar surface area (TPSA) is 43.1 Å². The van der Waals surface area contributed by atoms with E-state index in [0.717, 1.165) is 5.56 Å². The number of hydrogen-bond donors (Lipinski definition) is 1. The van der Waals surface area contributed by atoms with Crippen molar-refractivity contribution >= 4 is 46.0 Å². The lowest BCUT2D eigenvalue weighted by molar-refractivity contribution is 0.103. The van der Waals surface area contributed by atoms with Crippen molar-refractivity contribution in [1.82, 2.24) is 0 Å². The van der Waals surface area contributed by atoms with Crippen molar-refractivity contribution in [3.63, 3.8) is 0 Å². The zero-order valence-corrected chi connectivity index (χ0v) is 11.3. The van der Waals surface area contributed by atoms with Crippen LogP contribution in [0, 0.1) is 6.92 Å². The number of nitrogen functional groups attached to an aromatic ring is 1. The fourth-order valence-electron chi connectivity index (χ4n) is 1.63. The molecule has 0 saturated carbocycles. The molecule has 0 aliphatic carbocycles. The van der Waals surface area contributed by atoms with Crippen LogP contribution in [0.5, 0.6) is 0 Å². The van der Waals surface area contributed by atoms with Gasteiger partial charge in [0.05, 0.1) is 9.90 Å². The molecule has 0 unspecified atom stereocenters. The van der Waals surface area contributed by atoms with Crippen LogP contribution in [0.3, 0.4) is 0 Å². The predicted molar refractivity (Wildman–Crippen MR) is 73.4 cm³/mol. The van der Waals surface area contributed by atoms with Crippen molar-refractivity contribution in [2.24, 2.45) is 0 Å². The van der Waals surface area contributed by atoms with Crippen molar-refractivity contribution in [3.05, 3.63) is 49.6 Å². The zero-order valence-electron chi connectivity index (χ0n) is 8.96. The summed E-state index contributed by atoms with van der Waals surface area (Å²) in [5.74, 6) is -0.186. The number of anilines is 1. The summed E-state index contributed by atoms with van der Waals surface area (Å²) in [6.45, 7) is 1.84. The van der Waals surface area contributed by atoms with Gasteiger partial charge in [0, 0.05) is 11.3 Å². The molecule has 0 aliphatic heterocycles. The fraction of sp³-hybridized carbons (Fsp3) is 0.0833. The minimum Gasteiger partial charge on any atom is -0.398 e. The van der Waals surface area contributed by atoms with Gasteiger partial charge in [0.15, 0.2) is 5.78 Å². The second-order valence-electron chi connectivity index (χ2n) is 3.61. The molecule has 2 rings (SSSR count). The van der Waals surface area contributed by atoms with Crippen molar-refractivity contribution in [3.8, 4) is 0 Å². The first-order valence-electron chi connectivity index (χ1n) is 4.85. The SMILES string of the molecule is Cc1cccc(N)c1C(=O)c1cc(Cl)sc1Cl. The summed E-state index contributed by atoms with van der Waals surface area (Å²) in [6.07, 6.45) is 0. The van der Waals surface area contributed by atoms with Crippen molar-refractivity contribution < 1.29 is 4.79 Å². The van der Waals surface area contributed by atoms with Gasteiger partial charge < -0.3 is 5.73 Å². The summed E-state index contributed by atoms with van der Waals surface area (Å²) < 4.78 is 0.883. The summed E-state index contributed by atoms with van der Waals surface area (Å²) in [5, 5.41) is 0. The third-order valence-electron chi connectivity index (χ3n) is 2.43. The third-order valence-corrected chi connectivity index (χ3v) is 3.92. The smallest absolute Gasteiger partial charge is 0.197 e. The molecule has 0 amide bonds. The van der Waals surface area contributed by atoms with Crippen LogP contribution in [0.25, 0.3) is 0 Å². The van der Waals surface area contributed by atoms with E-state index in [9.17, 15) is 4.79 Å². The van der Waals surface area contributed by atoms with Gasteiger partial charge in [0.2, 0.25) is 0 Å². The van der Waals surface area contributed by atoms with Crippen LogP contribution >= 0.6 is 34.5 Å². The summed E-state index contributed by atoms with van der Waals surface area (Å²) in [4.78, 5) is 12.3. The normalized spacial score (nSPS) is 10.5. The summed E-state index contributed by atoms with van der Waals surface area (Å²) in [5.41, 5.74) is 8.00. The van der Waals surface area contributed by atoms with Gasteiger partial charge in [-0.3, -0.25) is 4.79 Å². The van der Waals surface area contributed by atoms with Crippen molar-refractivity contribution in [2.75, 3.05) is 5.73 Å². The lowest BCUT2D eigenvalue weighted by atomic mass is 9.99. The fourth-order valence-corrected chi connectivity index (χ4v) is 3.09. The number of halogens is 2. The minimum atomic E-state index is -0.186. The van der Waals surface area contributed by atoms with Crippen LogP contribution in [0.2, 0.25) is 8.67 Å². The van der Waals surface area contributed by atoms with Gasteiger partial charge in [-0.2, -0.15) is 0 Å². The Bertz CT molecular complexity index is 572. The first kappa shape index (κ1) is 12.4. The van der Waals surface area contributed by atoms with Gasteiger partial charge in [-0.1, -0.05) is 35.3 Å². The van der Waals surface area contributed by atoms with Crippen LogP contribution < -0.4 is 5.73 Å². The molecule has 5 heteroatoms. The molecule has 0 radical (unpaired) electrons. The summed E-state index contributed by atoms with van der Waals surface area (Å²) in [7, 11) is 0. The zero-order chi connectivity index (χ0) is 12.6. The van der Waals surface area contributed by atoms with E-state index in [4.69, 9.17) is 28.9 Å². The first-order chi connectivity index (χ1) is 8.00. The Labute approximate surface area is 113 Å². The van der Waals surface area contributed by atoms with Crippen molar-refractivity contribution in [1.29, 1.82) is 0 Å². The molecule has 1 aromatic heterocycles. The van der Waals surface area contributed by atoms with Crippen LogP contribution in [0.1, 0.15) is 21.5 Å². The summed E-state index contributed by atoms with van der Waals surface area (Å²) >= 11 is 13.0. The molecule has 0 spiro atoms. The summed E-state index contributed by atoms with van der Waals surface area (Å²) in [6, 6.07) is 6.92. The highest BCUT2D eigenvalue weighted by molar-refractivity contribution is 7.20. The van der Waals surface area contributed by atoms with Gasteiger partial charge in [-0.05, 0) is 24.6 Å². The molecule has 2 aromatic rings. The largest absolute Gasteiger partial charge is 0.398 e. The molecule has 0 aliphatic rings. The van der Waals surface area contributed by atoms with E-state index in [-0.39, 0.29) is 5.78 Å². The molecule has 88 valence electrons. The Kier molecular flexibility index (Phi) is 3.43. The van der Waals surface area contributed by atoms with E-state index in [1.807, 2.05) is 19.1 Å². The average molecular weight is 286 g/mol. The maximum absolute atomic E-state index is 12.3. The van der Waals surface area contributed by atoms with Crippen LogP contribution in [0.4, 0.5) is 5.69 Å². The quantitative estimate of drug-likeness (QED) is 0.665. The molecular weight excluding hydrogens is 277 g/mol. The maximum Gasteiger partial charge on any atom is 0.197 e. The molecule has 0 fully saturated rings. The van der Waals surface area contributed by atoms with Crippen molar-refractivity contribution in [2.45, 2.75) is 6.92 Å². The second-order valence-corrected chi connectivity index (χ2v) is 5.89. The van der Waals surface area contributed by atoms with Gasteiger partial charge >= 0.3 is 0 Å². The van der Waals surface area contributed by atoms with Crippen LogP contribution in [0.15, 0.2) is 24.3 Å². The third kappa shape index (κ3) is 2.32. The number of ketones is 1. The number of thiophene rings is 1. The number of carbonyl (C=O) groups is 1. The predicted octanol–water partition coefficient (Wildman–Crippen LogP) is 4.18. The van der Waals surface area contributed by atoms with Gasteiger partial charge in [-0.25, -0.2) is 0 Å². The van der Waals surface area contributed by atoms with E-state index in [1.54, 1.807) is 12.1 Å². The number of nitrogens with two attached hydrogens (primary N) is 1. The molecule has 17 heavy (non-hydrogen) atoms. The number of carbonyl (C=O) groups excluding carboxylic acids is 1. The highest BCUT2D eigenvalue weighted by Gasteiger charge is 2.19. The Morgan fingerprint density at radius 3 is 2.59 bits per heavy atom. The van der Waals surface area contributed by atoms with Crippen LogP contribution in [-0.4, -0.2) is 5.78 Å². The van der Waals surface area contributed by atoms with E-state index in [1.165, 1.54) is 11.3 Å². The molecule has 0 saturated heterocycles. The standard InChI is InChI=1S/C12H9Cl2NOS/c1-6-3-2-4-8(15)10(6)11(16)7-5-9(13)17-12(7)14/h2-5H,15H2,1H3. The molecule has 0 bridgehead atoms. The number of benzene rings is 1. The Balaban J connectivity index is 2.55. The Morgan fingerprint density at radius 2 is 2.06 bits per heavy atom. The first-order valence-corrected chi connectivity index (χ1v) is 6.42. The van der Waals surface area contributed by atoms with Crippen LogP contribution in [-0.2, 0) is 0 Å². The molecule has 1 heterocycles. The highest BCUT2D eigenvalue weighted by Crippen LogP contribution is 2.34. The molecule has 2 N–H and O–H groups in total. The van der Waals surface area contributed by atoms with Gasteiger partial charge in [0.25, 0.3) is 0 Å². The van der Waals surface area contributed by atoms with E-state index < -0.39 is 0 Å². The number of rotatable bonds is 2. The lowest BCUT2D eigenvalue weighted by Gasteiger charge is -2.07. The highest BCUT2D eigenvalue weighted by atomic mass is 35.5. The number of aryl methyl sites for hydroxylation is 1. The van der Waals surface area contributed by atoms with Gasteiger partial charge in [0.1, 0.15) is 4.34 Å².